The number of unbranched alkanes of at least 4 members (excludes halogenated alkanes) is 8. The van der Waals surface area contributed by atoms with Crippen molar-refractivity contribution in [3.63, 3.8) is 0 Å². The number of nitrogens with zero attached hydrogens (tertiary/aromatic N) is 1. The fraction of sp³-hybridized carbons (Fsp3) is 0.722. The van der Waals surface area contributed by atoms with Crippen LogP contribution in [0.15, 0.2) is 24.3 Å². The molecule has 1 atom stereocenters. The van der Waals surface area contributed by atoms with Crippen molar-refractivity contribution in [3.05, 3.63) is 34.4 Å². The van der Waals surface area contributed by atoms with E-state index in [0.717, 1.165) is 57.8 Å². The van der Waals surface area contributed by atoms with E-state index in [0.29, 0.717) is 12.8 Å². The number of nitro groups is 1. The van der Waals surface area contributed by atoms with Gasteiger partial charge in [0.05, 0.1) is 0 Å². The molecular weight excluding hydrogens is 278 g/mol. The van der Waals surface area contributed by atoms with Crippen LogP contribution in [0.5, 0.6) is 0 Å². The first-order valence-corrected chi connectivity index (χ1v) is 8.52. The lowest BCUT2D eigenvalue weighted by Gasteiger charge is -2.01. The van der Waals surface area contributed by atoms with Crippen LogP contribution in [0.4, 0.5) is 0 Å². The number of hydrogen-bond donors (Lipinski definition) is 0. The van der Waals surface area contributed by atoms with Gasteiger partial charge in [0.15, 0.2) is 6.29 Å². The molecule has 4 heteroatoms. The lowest BCUT2D eigenvalue weighted by atomic mass is 10.1. The van der Waals surface area contributed by atoms with Gasteiger partial charge in [-0.05, 0) is 31.8 Å². The minimum atomic E-state index is -0.590. The normalized spacial score (nSPS) is 13.0. The highest BCUT2D eigenvalue weighted by molar-refractivity contribution is 5.50. The van der Waals surface area contributed by atoms with Crippen molar-refractivity contribution in [2.75, 3.05) is 0 Å². The average Bonchev–Trinajstić information content (AvgIpc) is 2.50. The van der Waals surface area contributed by atoms with E-state index in [1.165, 1.54) is 0 Å². The highest BCUT2D eigenvalue weighted by Gasteiger charge is 2.12. The number of allylic oxidation sites excluding steroid dienone is 2. The molecule has 0 saturated carbocycles. The zero-order chi connectivity index (χ0) is 16.5. The van der Waals surface area contributed by atoms with Crippen LogP contribution in [-0.4, -0.2) is 17.3 Å². The molecule has 0 aliphatic heterocycles. The van der Waals surface area contributed by atoms with Gasteiger partial charge >= 0.3 is 0 Å². The van der Waals surface area contributed by atoms with Gasteiger partial charge in [-0.15, -0.1) is 0 Å². The molecule has 1 radical (unpaired) electrons. The largest absolute Gasteiger partial charge is 0.291 e. The molecule has 0 aliphatic carbocycles. The second kappa shape index (κ2) is 15.9. The molecule has 0 saturated heterocycles. The summed E-state index contributed by atoms with van der Waals surface area (Å²) in [6.45, 7) is 2.11. The number of rotatable bonds is 15. The summed E-state index contributed by atoms with van der Waals surface area (Å²) in [4.78, 5) is 20.8. The van der Waals surface area contributed by atoms with Crippen molar-refractivity contribution in [2.45, 2.75) is 83.6 Å². The summed E-state index contributed by atoms with van der Waals surface area (Å²) in [5.74, 6) is 0. The van der Waals surface area contributed by atoms with Crippen LogP contribution < -0.4 is 0 Å². The van der Waals surface area contributed by atoms with E-state index in [1.807, 2.05) is 18.4 Å². The van der Waals surface area contributed by atoms with E-state index in [1.54, 1.807) is 6.08 Å². The van der Waals surface area contributed by atoms with E-state index in [2.05, 4.69) is 13.0 Å². The number of carbonyl (C=O) groups excluding carboxylic acids is 1. The Labute approximate surface area is 134 Å². The van der Waals surface area contributed by atoms with Gasteiger partial charge in [0.25, 0.3) is 0 Å². The van der Waals surface area contributed by atoms with E-state index >= 15 is 0 Å². The summed E-state index contributed by atoms with van der Waals surface area (Å²) in [5.41, 5.74) is 0. The molecule has 0 rings (SSSR count). The summed E-state index contributed by atoms with van der Waals surface area (Å²) < 4.78 is 0. The maximum atomic E-state index is 10.9. The molecule has 125 valence electrons. The van der Waals surface area contributed by atoms with Crippen molar-refractivity contribution in [1.29, 1.82) is 0 Å². The molecule has 0 aromatic carbocycles. The van der Waals surface area contributed by atoms with Gasteiger partial charge in [-0.1, -0.05) is 57.3 Å². The van der Waals surface area contributed by atoms with Gasteiger partial charge in [-0.2, -0.15) is 0 Å². The molecule has 1 unspecified atom stereocenters. The summed E-state index contributed by atoms with van der Waals surface area (Å²) in [6.07, 6.45) is 20.1. The van der Waals surface area contributed by atoms with E-state index < -0.39 is 6.04 Å². The lowest BCUT2D eigenvalue weighted by molar-refractivity contribution is -0.508. The van der Waals surface area contributed by atoms with Gasteiger partial charge in [0.2, 0.25) is 6.04 Å². The first-order valence-electron chi connectivity index (χ1n) is 8.52. The summed E-state index contributed by atoms with van der Waals surface area (Å²) >= 11 is 0. The van der Waals surface area contributed by atoms with Gasteiger partial charge in [0, 0.05) is 17.8 Å². The fourth-order valence-corrected chi connectivity index (χ4v) is 2.15. The summed E-state index contributed by atoms with van der Waals surface area (Å²) in [6, 6.07) is -0.590. The minimum Gasteiger partial charge on any atom is -0.291 e. The van der Waals surface area contributed by atoms with Crippen molar-refractivity contribution < 1.29 is 9.72 Å². The molecular formula is C18H30NO3. The monoisotopic (exact) mass is 308 g/mol. The molecule has 0 spiro atoms. The standard InChI is InChI=1S/C18H30NO3/c1-2-3-4-12-15-18(19(21)22)16-13-10-8-6-5-7-9-11-14-17-20/h10,12-13,15,18H,2-9,11,14,16H2,1H3/b13-10+,15-12+. The smallest absolute Gasteiger partial charge is 0.234 e. The van der Waals surface area contributed by atoms with Crippen LogP contribution in [0.3, 0.4) is 0 Å². The van der Waals surface area contributed by atoms with Crippen LogP contribution in [0.1, 0.15) is 77.6 Å². The van der Waals surface area contributed by atoms with E-state index in [-0.39, 0.29) is 4.92 Å². The Morgan fingerprint density at radius 1 is 1.00 bits per heavy atom. The predicted molar refractivity (Wildman–Crippen MR) is 91.2 cm³/mol. The van der Waals surface area contributed by atoms with Crippen LogP contribution in [0.2, 0.25) is 0 Å². The minimum absolute atomic E-state index is 0.211. The molecule has 4 nitrogen and oxygen atoms in total. The Hall–Kier alpha value is -1.45. The van der Waals surface area contributed by atoms with Crippen molar-refractivity contribution in [2.24, 2.45) is 0 Å². The van der Waals surface area contributed by atoms with E-state index in [4.69, 9.17) is 0 Å². The quantitative estimate of drug-likeness (QED) is 0.181. The van der Waals surface area contributed by atoms with Crippen molar-refractivity contribution in [1.82, 2.24) is 0 Å². The van der Waals surface area contributed by atoms with Crippen LogP contribution in [0.25, 0.3) is 0 Å². The average molecular weight is 308 g/mol. The molecule has 0 bridgehead atoms. The first kappa shape index (κ1) is 20.6. The summed E-state index contributed by atoms with van der Waals surface area (Å²) in [5, 5.41) is 10.9. The molecule has 22 heavy (non-hydrogen) atoms. The van der Waals surface area contributed by atoms with Crippen molar-refractivity contribution in [3.8, 4) is 0 Å². The Kier molecular flexibility index (Phi) is 14.9. The molecule has 0 heterocycles. The van der Waals surface area contributed by atoms with Gasteiger partial charge in [-0.25, -0.2) is 0 Å². The first-order chi connectivity index (χ1) is 10.7. The highest BCUT2D eigenvalue weighted by Crippen LogP contribution is 2.08. The number of hydrogen-bond acceptors (Lipinski definition) is 3. The zero-order valence-electron chi connectivity index (χ0n) is 13.8. The molecule has 0 aromatic heterocycles. The van der Waals surface area contributed by atoms with Gasteiger partial charge in [-0.3, -0.25) is 14.9 Å². The Bertz CT molecular complexity index is 337. The molecule has 0 aromatic rings. The second-order valence-electron chi connectivity index (χ2n) is 5.58. The maximum Gasteiger partial charge on any atom is 0.234 e. The summed E-state index contributed by atoms with van der Waals surface area (Å²) in [7, 11) is 0. The third-order valence-electron chi connectivity index (χ3n) is 3.55. The van der Waals surface area contributed by atoms with Crippen LogP contribution >= 0.6 is 0 Å². The van der Waals surface area contributed by atoms with Gasteiger partial charge < -0.3 is 0 Å². The zero-order valence-corrected chi connectivity index (χ0v) is 13.8. The maximum absolute atomic E-state index is 10.9. The van der Waals surface area contributed by atoms with Crippen LogP contribution in [-0.2, 0) is 4.79 Å². The van der Waals surface area contributed by atoms with Gasteiger partial charge in [0.1, 0.15) is 0 Å². The second-order valence-corrected chi connectivity index (χ2v) is 5.58. The molecule has 0 N–H and O–H groups in total. The third kappa shape index (κ3) is 13.5. The SMILES string of the molecule is CCCC/C=C/C(C/C=C/CCCCCCC[C]=O)[N+](=O)[O-]. The Morgan fingerprint density at radius 2 is 1.68 bits per heavy atom. The third-order valence-corrected chi connectivity index (χ3v) is 3.55. The molecule has 0 fully saturated rings. The van der Waals surface area contributed by atoms with Crippen molar-refractivity contribution >= 4 is 6.29 Å². The highest BCUT2D eigenvalue weighted by atomic mass is 16.6. The predicted octanol–water partition coefficient (Wildman–Crippen LogP) is 5.16. The Balaban J connectivity index is 3.71. The fourth-order valence-electron chi connectivity index (χ4n) is 2.15. The van der Waals surface area contributed by atoms with Crippen LogP contribution in [0, 0.1) is 10.1 Å². The Morgan fingerprint density at radius 3 is 2.36 bits per heavy atom. The lowest BCUT2D eigenvalue weighted by Crippen LogP contribution is -2.15. The molecule has 0 amide bonds. The van der Waals surface area contributed by atoms with E-state index in [9.17, 15) is 14.9 Å². The molecule has 0 aliphatic rings. The topological polar surface area (TPSA) is 60.2 Å².